The quantitative estimate of drug-likeness (QED) is 0.197. The number of aliphatic imine (C=N–C) groups is 1. The standard InChI is InChI=1S/C33H59NO2/c1-3-5-7-9-10-11-12-14-22-35-30-20-19-27-24-29(18-17-28(27)25-30)33-34-31-23-26(15-13-8-6-4-2)16-21-32(31)36-33/h26-32H,3-25H2,1-2H3. The Hall–Kier alpha value is -0.570. The van der Waals surface area contributed by atoms with Crippen LogP contribution in [-0.4, -0.2) is 30.8 Å². The molecule has 3 saturated carbocycles. The summed E-state index contributed by atoms with van der Waals surface area (Å²) >= 11 is 0. The summed E-state index contributed by atoms with van der Waals surface area (Å²) in [5, 5.41) is 0. The molecule has 0 bridgehead atoms. The van der Waals surface area contributed by atoms with E-state index >= 15 is 0 Å². The molecule has 3 heteroatoms. The van der Waals surface area contributed by atoms with Gasteiger partial charge in [-0.25, -0.2) is 4.99 Å². The lowest BCUT2D eigenvalue weighted by atomic mass is 9.67. The first-order chi connectivity index (χ1) is 17.8. The molecule has 208 valence electrons. The molecule has 3 nitrogen and oxygen atoms in total. The van der Waals surface area contributed by atoms with Crippen molar-refractivity contribution < 1.29 is 9.47 Å². The van der Waals surface area contributed by atoms with Crippen LogP contribution in [0.4, 0.5) is 0 Å². The minimum atomic E-state index is 0.407. The first kappa shape index (κ1) is 28.4. The minimum absolute atomic E-state index is 0.407. The molecule has 36 heavy (non-hydrogen) atoms. The number of hydrogen-bond acceptors (Lipinski definition) is 3. The molecule has 0 aromatic carbocycles. The van der Waals surface area contributed by atoms with Gasteiger partial charge >= 0.3 is 0 Å². The Morgan fingerprint density at radius 3 is 2.19 bits per heavy atom. The molecule has 4 aliphatic rings. The van der Waals surface area contributed by atoms with Gasteiger partial charge in [-0.2, -0.15) is 0 Å². The summed E-state index contributed by atoms with van der Waals surface area (Å²) in [4.78, 5) is 5.24. The number of hydrogen-bond donors (Lipinski definition) is 0. The van der Waals surface area contributed by atoms with E-state index in [9.17, 15) is 0 Å². The van der Waals surface area contributed by atoms with Crippen LogP contribution in [0.2, 0.25) is 0 Å². The van der Waals surface area contributed by atoms with Crippen LogP contribution in [0.15, 0.2) is 4.99 Å². The van der Waals surface area contributed by atoms with Crippen molar-refractivity contribution in [3.63, 3.8) is 0 Å². The van der Waals surface area contributed by atoms with Gasteiger partial charge in [-0.05, 0) is 82.0 Å². The van der Waals surface area contributed by atoms with E-state index in [4.69, 9.17) is 14.5 Å². The van der Waals surface area contributed by atoms with Crippen molar-refractivity contribution in [2.24, 2.45) is 28.7 Å². The van der Waals surface area contributed by atoms with E-state index in [0.717, 1.165) is 24.4 Å². The number of unbranched alkanes of at least 4 members (excludes halogenated alkanes) is 10. The van der Waals surface area contributed by atoms with E-state index in [1.807, 2.05) is 0 Å². The van der Waals surface area contributed by atoms with Crippen LogP contribution in [-0.2, 0) is 9.47 Å². The molecule has 0 amide bonds. The van der Waals surface area contributed by atoms with Crippen molar-refractivity contribution >= 4 is 5.90 Å². The predicted octanol–water partition coefficient (Wildman–Crippen LogP) is 9.67. The Morgan fingerprint density at radius 1 is 0.694 bits per heavy atom. The summed E-state index contributed by atoms with van der Waals surface area (Å²) in [5.41, 5.74) is 0. The van der Waals surface area contributed by atoms with E-state index in [1.54, 1.807) is 0 Å². The van der Waals surface area contributed by atoms with Crippen molar-refractivity contribution in [1.29, 1.82) is 0 Å². The SMILES string of the molecule is CCCCCCCCCCOC1CCC2CC(C3=NC4CC(CCCCCC)CCC4O3)CCC2C1. The second kappa shape index (κ2) is 15.7. The fourth-order valence-corrected chi connectivity index (χ4v) is 7.86. The number of ether oxygens (including phenoxy) is 2. The summed E-state index contributed by atoms with van der Waals surface area (Å²) in [6.45, 7) is 5.60. The van der Waals surface area contributed by atoms with Gasteiger partial charge in [0.1, 0.15) is 6.10 Å². The Balaban J connectivity index is 1.10. The minimum Gasteiger partial charge on any atom is -0.475 e. The van der Waals surface area contributed by atoms with Crippen LogP contribution in [0.5, 0.6) is 0 Å². The molecule has 1 aliphatic heterocycles. The van der Waals surface area contributed by atoms with Crippen LogP contribution < -0.4 is 0 Å². The van der Waals surface area contributed by atoms with Gasteiger partial charge < -0.3 is 9.47 Å². The van der Waals surface area contributed by atoms with E-state index in [0.29, 0.717) is 24.2 Å². The summed E-state index contributed by atoms with van der Waals surface area (Å²) in [5.74, 6) is 4.44. The highest BCUT2D eigenvalue weighted by molar-refractivity contribution is 5.80. The molecule has 4 rings (SSSR count). The Bertz CT molecular complexity index is 633. The molecule has 3 aliphatic carbocycles. The first-order valence-electron chi connectivity index (χ1n) is 16.6. The topological polar surface area (TPSA) is 30.8 Å². The highest BCUT2D eigenvalue weighted by Gasteiger charge is 2.42. The largest absolute Gasteiger partial charge is 0.475 e. The van der Waals surface area contributed by atoms with Gasteiger partial charge in [-0.15, -0.1) is 0 Å². The van der Waals surface area contributed by atoms with E-state index < -0.39 is 0 Å². The normalized spacial score (nSPS) is 34.1. The van der Waals surface area contributed by atoms with Gasteiger partial charge in [0, 0.05) is 12.5 Å². The molecular formula is C33H59NO2. The summed E-state index contributed by atoms with van der Waals surface area (Å²) in [6.07, 6.45) is 30.8. The first-order valence-corrected chi connectivity index (χ1v) is 16.6. The molecule has 0 saturated heterocycles. The van der Waals surface area contributed by atoms with Gasteiger partial charge in [0.2, 0.25) is 0 Å². The van der Waals surface area contributed by atoms with Crippen molar-refractivity contribution in [3.05, 3.63) is 0 Å². The van der Waals surface area contributed by atoms with Crippen molar-refractivity contribution in [2.45, 2.75) is 173 Å². The zero-order chi connectivity index (χ0) is 25.0. The maximum atomic E-state index is 6.53. The Kier molecular flexibility index (Phi) is 12.4. The molecule has 0 spiro atoms. The average Bonchev–Trinajstić information content (AvgIpc) is 3.33. The van der Waals surface area contributed by atoms with Crippen LogP contribution in [0.1, 0.15) is 155 Å². The lowest BCUT2D eigenvalue weighted by Crippen LogP contribution is -2.36. The maximum absolute atomic E-state index is 6.53. The molecule has 0 aromatic rings. The second-order valence-corrected chi connectivity index (χ2v) is 13.0. The lowest BCUT2D eigenvalue weighted by molar-refractivity contribution is -0.0181. The van der Waals surface area contributed by atoms with Gasteiger partial charge in [-0.1, -0.05) is 90.9 Å². The maximum Gasteiger partial charge on any atom is 0.187 e. The highest BCUT2D eigenvalue weighted by atomic mass is 16.5. The average molecular weight is 502 g/mol. The zero-order valence-electron chi connectivity index (χ0n) is 24.1. The summed E-state index contributed by atoms with van der Waals surface area (Å²) in [6, 6.07) is 0.475. The smallest absolute Gasteiger partial charge is 0.187 e. The third kappa shape index (κ3) is 8.74. The van der Waals surface area contributed by atoms with Crippen molar-refractivity contribution in [1.82, 2.24) is 0 Å². The second-order valence-electron chi connectivity index (χ2n) is 13.0. The summed E-state index contributed by atoms with van der Waals surface area (Å²) in [7, 11) is 0. The highest BCUT2D eigenvalue weighted by Crippen LogP contribution is 2.45. The Labute approximate surface area is 224 Å². The third-order valence-corrected chi connectivity index (χ3v) is 10.2. The zero-order valence-corrected chi connectivity index (χ0v) is 24.1. The molecule has 0 N–H and O–H groups in total. The van der Waals surface area contributed by atoms with Gasteiger partial charge in [-0.3, -0.25) is 0 Å². The summed E-state index contributed by atoms with van der Waals surface area (Å²) < 4.78 is 12.9. The van der Waals surface area contributed by atoms with Crippen molar-refractivity contribution in [3.8, 4) is 0 Å². The molecule has 3 fully saturated rings. The monoisotopic (exact) mass is 501 g/mol. The lowest BCUT2D eigenvalue weighted by Gasteiger charge is -2.41. The van der Waals surface area contributed by atoms with Crippen LogP contribution in [0, 0.1) is 23.7 Å². The fraction of sp³-hybridized carbons (Fsp3) is 0.970. The van der Waals surface area contributed by atoms with E-state index in [2.05, 4.69) is 13.8 Å². The molecule has 1 heterocycles. The van der Waals surface area contributed by atoms with Gasteiger partial charge in [0.25, 0.3) is 0 Å². The molecule has 0 aromatic heterocycles. The van der Waals surface area contributed by atoms with Crippen molar-refractivity contribution in [2.75, 3.05) is 6.61 Å². The molecule has 7 atom stereocenters. The molecular weight excluding hydrogens is 442 g/mol. The Morgan fingerprint density at radius 2 is 1.39 bits per heavy atom. The number of nitrogens with zero attached hydrogens (tertiary/aromatic N) is 1. The predicted molar refractivity (Wildman–Crippen MR) is 153 cm³/mol. The van der Waals surface area contributed by atoms with Gasteiger partial charge in [0.05, 0.1) is 12.1 Å². The van der Waals surface area contributed by atoms with E-state index in [1.165, 1.54) is 147 Å². The van der Waals surface area contributed by atoms with Gasteiger partial charge in [0.15, 0.2) is 5.90 Å². The molecule has 7 unspecified atom stereocenters. The van der Waals surface area contributed by atoms with Crippen LogP contribution in [0.3, 0.4) is 0 Å². The van der Waals surface area contributed by atoms with Crippen LogP contribution >= 0.6 is 0 Å². The fourth-order valence-electron chi connectivity index (χ4n) is 7.86. The van der Waals surface area contributed by atoms with E-state index in [-0.39, 0.29) is 0 Å². The van der Waals surface area contributed by atoms with Crippen LogP contribution in [0.25, 0.3) is 0 Å². The number of fused-ring (bicyclic) bond motifs is 2. The third-order valence-electron chi connectivity index (χ3n) is 10.2. The number of rotatable bonds is 16. The molecule has 0 radical (unpaired) electrons.